The van der Waals surface area contributed by atoms with E-state index < -0.39 is 0 Å². The second kappa shape index (κ2) is 3.83. The molecule has 0 saturated carbocycles. The average Bonchev–Trinajstić information content (AvgIpc) is 2.33. The lowest BCUT2D eigenvalue weighted by molar-refractivity contribution is 0.129. The zero-order chi connectivity index (χ0) is 8.27. The van der Waals surface area contributed by atoms with Gasteiger partial charge in [-0.3, -0.25) is 4.90 Å². The SMILES string of the molecule is COCC1C/C(=C/F)CN1C. The Kier molecular flexibility index (Phi) is 3.02. The van der Waals surface area contributed by atoms with E-state index in [1.165, 1.54) is 0 Å². The van der Waals surface area contributed by atoms with Crippen LogP contribution in [0, 0.1) is 0 Å². The summed E-state index contributed by atoms with van der Waals surface area (Å²) in [7, 11) is 3.66. The second-order valence-electron chi connectivity index (χ2n) is 3.00. The molecule has 2 nitrogen and oxygen atoms in total. The van der Waals surface area contributed by atoms with E-state index in [2.05, 4.69) is 4.90 Å². The van der Waals surface area contributed by atoms with E-state index in [0.29, 0.717) is 19.0 Å². The fourth-order valence-electron chi connectivity index (χ4n) is 1.43. The van der Waals surface area contributed by atoms with Crippen LogP contribution in [0.15, 0.2) is 11.9 Å². The number of methoxy groups -OCH3 is 1. The summed E-state index contributed by atoms with van der Waals surface area (Å²) in [5.41, 5.74) is 0.870. The third kappa shape index (κ3) is 2.01. The summed E-state index contributed by atoms with van der Waals surface area (Å²) in [6.45, 7) is 1.43. The number of rotatable bonds is 2. The van der Waals surface area contributed by atoms with Gasteiger partial charge in [-0.1, -0.05) is 0 Å². The van der Waals surface area contributed by atoms with Crippen LogP contribution >= 0.6 is 0 Å². The molecule has 0 amide bonds. The van der Waals surface area contributed by atoms with Gasteiger partial charge in [0.25, 0.3) is 0 Å². The number of halogens is 1. The standard InChI is InChI=1S/C8H14FNO/c1-10-5-7(4-9)3-8(10)6-11-2/h4,8H,3,5-6H2,1-2H3/b7-4-. The van der Waals surface area contributed by atoms with E-state index in [1.807, 2.05) is 7.05 Å². The van der Waals surface area contributed by atoms with Gasteiger partial charge in [-0.05, 0) is 19.0 Å². The first kappa shape index (κ1) is 8.68. The van der Waals surface area contributed by atoms with Crippen LogP contribution in [0.4, 0.5) is 4.39 Å². The van der Waals surface area contributed by atoms with Crippen molar-refractivity contribution in [3.8, 4) is 0 Å². The number of nitrogens with zero attached hydrogens (tertiary/aromatic N) is 1. The Morgan fingerprint density at radius 3 is 3.00 bits per heavy atom. The Balaban J connectivity index is 2.45. The van der Waals surface area contributed by atoms with Gasteiger partial charge >= 0.3 is 0 Å². The van der Waals surface area contributed by atoms with Crippen molar-refractivity contribution in [3.05, 3.63) is 11.9 Å². The predicted molar refractivity (Wildman–Crippen MR) is 42.1 cm³/mol. The minimum Gasteiger partial charge on any atom is -0.383 e. The molecule has 1 aliphatic heterocycles. The van der Waals surface area contributed by atoms with Gasteiger partial charge in [-0.25, -0.2) is 4.39 Å². The molecule has 0 aromatic rings. The maximum absolute atomic E-state index is 12.1. The third-order valence-electron chi connectivity index (χ3n) is 2.09. The molecular formula is C8H14FNO. The highest BCUT2D eigenvalue weighted by Crippen LogP contribution is 2.20. The van der Waals surface area contributed by atoms with Crippen LogP contribution < -0.4 is 0 Å². The van der Waals surface area contributed by atoms with Gasteiger partial charge in [0.1, 0.15) is 0 Å². The van der Waals surface area contributed by atoms with Crippen molar-refractivity contribution in [2.24, 2.45) is 0 Å². The van der Waals surface area contributed by atoms with E-state index in [4.69, 9.17) is 4.74 Å². The van der Waals surface area contributed by atoms with Crippen LogP contribution in [0.25, 0.3) is 0 Å². The Morgan fingerprint density at radius 2 is 2.55 bits per heavy atom. The number of ether oxygens (including phenoxy) is 1. The van der Waals surface area contributed by atoms with Gasteiger partial charge in [0.05, 0.1) is 12.9 Å². The Morgan fingerprint density at radius 1 is 1.82 bits per heavy atom. The number of hydrogen-bond acceptors (Lipinski definition) is 2. The van der Waals surface area contributed by atoms with Crippen LogP contribution in [0.3, 0.4) is 0 Å². The van der Waals surface area contributed by atoms with Crippen molar-refractivity contribution in [1.82, 2.24) is 4.90 Å². The summed E-state index contributed by atoms with van der Waals surface area (Å²) in [5, 5.41) is 0. The Labute approximate surface area is 66.6 Å². The van der Waals surface area contributed by atoms with Crippen LogP contribution in [0.1, 0.15) is 6.42 Å². The lowest BCUT2D eigenvalue weighted by atomic mass is 10.2. The molecule has 0 spiro atoms. The first-order valence-corrected chi connectivity index (χ1v) is 3.75. The molecule has 11 heavy (non-hydrogen) atoms. The minimum atomic E-state index is 0.363. The summed E-state index contributed by atoms with van der Waals surface area (Å²) >= 11 is 0. The zero-order valence-electron chi connectivity index (χ0n) is 7.01. The van der Waals surface area contributed by atoms with Crippen molar-refractivity contribution in [1.29, 1.82) is 0 Å². The molecule has 1 rings (SSSR count). The molecule has 1 fully saturated rings. The van der Waals surface area contributed by atoms with E-state index in [9.17, 15) is 4.39 Å². The maximum atomic E-state index is 12.1. The van der Waals surface area contributed by atoms with Crippen LogP contribution in [-0.2, 0) is 4.74 Å². The first-order valence-electron chi connectivity index (χ1n) is 3.75. The lowest BCUT2D eigenvalue weighted by Crippen LogP contribution is -2.28. The van der Waals surface area contributed by atoms with E-state index in [0.717, 1.165) is 18.5 Å². The molecule has 3 heteroatoms. The number of likely N-dealkylation sites (tertiary alicyclic amines) is 1. The molecule has 0 aromatic carbocycles. The quantitative estimate of drug-likeness (QED) is 0.600. The van der Waals surface area contributed by atoms with E-state index in [-0.39, 0.29) is 0 Å². The fourth-order valence-corrected chi connectivity index (χ4v) is 1.43. The third-order valence-corrected chi connectivity index (χ3v) is 2.09. The maximum Gasteiger partial charge on any atom is 0.0872 e. The Bertz CT molecular complexity index is 158. The normalized spacial score (nSPS) is 30.1. The molecule has 0 radical (unpaired) electrons. The van der Waals surface area contributed by atoms with Gasteiger partial charge in [0.2, 0.25) is 0 Å². The summed E-state index contributed by atoms with van der Waals surface area (Å²) < 4.78 is 17.1. The Hall–Kier alpha value is -0.410. The molecule has 0 N–H and O–H groups in total. The van der Waals surface area contributed by atoms with Crippen LogP contribution in [-0.4, -0.2) is 38.3 Å². The van der Waals surface area contributed by atoms with Crippen molar-refractivity contribution in [2.45, 2.75) is 12.5 Å². The summed E-state index contributed by atoms with van der Waals surface area (Å²) in [4.78, 5) is 2.11. The number of hydrogen-bond donors (Lipinski definition) is 0. The highest BCUT2D eigenvalue weighted by molar-refractivity contribution is 5.09. The van der Waals surface area contributed by atoms with Gasteiger partial charge in [0, 0.05) is 19.7 Å². The van der Waals surface area contributed by atoms with Crippen molar-refractivity contribution in [3.63, 3.8) is 0 Å². The molecule has 0 bridgehead atoms. The topological polar surface area (TPSA) is 12.5 Å². The van der Waals surface area contributed by atoms with Gasteiger partial charge in [-0.15, -0.1) is 0 Å². The van der Waals surface area contributed by atoms with Gasteiger partial charge in [0.15, 0.2) is 0 Å². The second-order valence-corrected chi connectivity index (χ2v) is 3.00. The van der Waals surface area contributed by atoms with Crippen LogP contribution in [0.2, 0.25) is 0 Å². The molecule has 1 unspecified atom stereocenters. The molecule has 1 atom stereocenters. The largest absolute Gasteiger partial charge is 0.383 e. The fraction of sp³-hybridized carbons (Fsp3) is 0.750. The molecule has 0 aromatic heterocycles. The average molecular weight is 159 g/mol. The summed E-state index contributed by atoms with van der Waals surface area (Å²) in [6, 6.07) is 0.363. The van der Waals surface area contributed by atoms with Crippen molar-refractivity contribution < 1.29 is 9.13 Å². The molecule has 1 heterocycles. The highest BCUT2D eigenvalue weighted by Gasteiger charge is 2.24. The lowest BCUT2D eigenvalue weighted by Gasteiger charge is -2.16. The molecule has 1 aliphatic rings. The smallest absolute Gasteiger partial charge is 0.0872 e. The highest BCUT2D eigenvalue weighted by atomic mass is 19.1. The van der Waals surface area contributed by atoms with Gasteiger partial charge < -0.3 is 4.74 Å². The molecule has 64 valence electrons. The number of likely N-dealkylation sites (N-methyl/N-ethyl adjacent to an activating group) is 1. The summed E-state index contributed by atoms with van der Waals surface area (Å²) in [5.74, 6) is 0. The molecule has 1 saturated heterocycles. The summed E-state index contributed by atoms with van der Waals surface area (Å²) in [6.07, 6.45) is 1.52. The van der Waals surface area contributed by atoms with Crippen molar-refractivity contribution >= 4 is 0 Å². The first-order chi connectivity index (χ1) is 5.27. The van der Waals surface area contributed by atoms with Crippen molar-refractivity contribution in [2.75, 3.05) is 27.3 Å². The zero-order valence-corrected chi connectivity index (χ0v) is 7.01. The van der Waals surface area contributed by atoms with Crippen LogP contribution in [0.5, 0.6) is 0 Å². The predicted octanol–water partition coefficient (Wildman–Crippen LogP) is 1.19. The molecule has 0 aliphatic carbocycles. The van der Waals surface area contributed by atoms with Gasteiger partial charge in [-0.2, -0.15) is 0 Å². The monoisotopic (exact) mass is 159 g/mol. The minimum absolute atomic E-state index is 0.363. The van der Waals surface area contributed by atoms with E-state index >= 15 is 0 Å². The van der Waals surface area contributed by atoms with E-state index in [1.54, 1.807) is 7.11 Å². The molecular weight excluding hydrogens is 145 g/mol.